The van der Waals surface area contributed by atoms with Gasteiger partial charge in [-0.15, -0.1) is 0 Å². The third-order valence-electron chi connectivity index (χ3n) is 3.85. The molecule has 0 aromatic carbocycles. The third-order valence-corrected chi connectivity index (χ3v) is 3.85. The number of ether oxygens (including phenoxy) is 1. The number of rotatable bonds is 2. The van der Waals surface area contributed by atoms with Crippen molar-refractivity contribution in [2.24, 2.45) is 11.8 Å². The minimum atomic E-state index is -0.243. The molecule has 2 aliphatic heterocycles. The number of nitrogens with one attached hydrogen (secondary N) is 1. The molecule has 1 N–H and O–H groups in total. The molecule has 5 heteroatoms. The van der Waals surface area contributed by atoms with Crippen molar-refractivity contribution in [2.75, 3.05) is 19.8 Å². The Morgan fingerprint density at radius 3 is 2.65 bits per heavy atom. The van der Waals surface area contributed by atoms with Crippen LogP contribution in [0.3, 0.4) is 0 Å². The molecule has 5 nitrogen and oxygen atoms in total. The van der Waals surface area contributed by atoms with Crippen molar-refractivity contribution in [3.63, 3.8) is 0 Å². The van der Waals surface area contributed by atoms with Gasteiger partial charge in [0, 0.05) is 25.8 Å². The normalized spacial score (nSPS) is 29.1. The second kappa shape index (κ2) is 5.04. The summed E-state index contributed by atoms with van der Waals surface area (Å²) in [6.45, 7) is 6.00. The highest BCUT2D eigenvalue weighted by molar-refractivity contribution is 5.97. The Bertz CT molecular complexity index is 313. The summed E-state index contributed by atoms with van der Waals surface area (Å²) in [7, 11) is 0. The number of carbonyl (C=O) groups is 2. The number of nitrogens with zero attached hydrogens (tertiary/aromatic N) is 1. The number of carbonyl (C=O) groups excluding carboxylic acids is 2. The van der Waals surface area contributed by atoms with Crippen molar-refractivity contribution in [3.05, 3.63) is 0 Å². The van der Waals surface area contributed by atoms with Crippen molar-refractivity contribution in [3.8, 4) is 0 Å². The summed E-state index contributed by atoms with van der Waals surface area (Å²) in [5.74, 6) is 0.204. The van der Waals surface area contributed by atoms with Crippen LogP contribution in [-0.4, -0.2) is 42.6 Å². The second-order valence-corrected chi connectivity index (χ2v) is 5.04. The molecule has 3 amide bonds. The van der Waals surface area contributed by atoms with Crippen molar-refractivity contribution in [2.45, 2.75) is 32.7 Å². The van der Waals surface area contributed by atoms with Crippen LogP contribution < -0.4 is 5.32 Å². The minimum Gasteiger partial charge on any atom is -0.381 e. The Morgan fingerprint density at radius 1 is 1.35 bits per heavy atom. The highest BCUT2D eigenvalue weighted by atomic mass is 16.5. The molecule has 0 aromatic rings. The molecule has 2 aliphatic rings. The van der Waals surface area contributed by atoms with Gasteiger partial charge in [0.2, 0.25) is 5.91 Å². The summed E-state index contributed by atoms with van der Waals surface area (Å²) in [6, 6.07) is -0.0680. The average molecular weight is 240 g/mol. The monoisotopic (exact) mass is 240 g/mol. The lowest BCUT2D eigenvalue weighted by atomic mass is 9.91. The Labute approximate surface area is 101 Å². The van der Waals surface area contributed by atoms with Crippen molar-refractivity contribution in [1.82, 2.24) is 10.2 Å². The Hall–Kier alpha value is -1.10. The van der Waals surface area contributed by atoms with Gasteiger partial charge in [-0.1, -0.05) is 6.92 Å². The quantitative estimate of drug-likeness (QED) is 0.783. The molecule has 0 spiro atoms. The fourth-order valence-electron chi connectivity index (χ4n) is 2.57. The fourth-order valence-corrected chi connectivity index (χ4v) is 2.57. The summed E-state index contributed by atoms with van der Waals surface area (Å²) >= 11 is 0. The van der Waals surface area contributed by atoms with E-state index in [1.165, 1.54) is 0 Å². The number of hydrogen-bond donors (Lipinski definition) is 1. The molecule has 0 aliphatic carbocycles. The zero-order valence-electron chi connectivity index (χ0n) is 10.4. The van der Waals surface area contributed by atoms with Gasteiger partial charge in [-0.3, -0.25) is 10.1 Å². The fraction of sp³-hybridized carbons (Fsp3) is 0.833. The summed E-state index contributed by atoms with van der Waals surface area (Å²) in [5.41, 5.74) is 0. The Morgan fingerprint density at radius 2 is 2.00 bits per heavy atom. The van der Waals surface area contributed by atoms with Gasteiger partial charge in [0.1, 0.15) is 0 Å². The summed E-state index contributed by atoms with van der Waals surface area (Å²) < 4.78 is 5.33. The molecule has 0 radical (unpaired) electrons. The van der Waals surface area contributed by atoms with Crippen molar-refractivity contribution >= 4 is 11.9 Å². The second-order valence-electron chi connectivity index (χ2n) is 5.04. The predicted octanol–water partition coefficient (Wildman–Crippen LogP) is 0.989. The number of hydrogen-bond acceptors (Lipinski definition) is 3. The maximum Gasteiger partial charge on any atom is 0.324 e. The average Bonchev–Trinajstić information content (AvgIpc) is 2.34. The smallest absolute Gasteiger partial charge is 0.324 e. The van der Waals surface area contributed by atoms with Gasteiger partial charge >= 0.3 is 6.03 Å². The van der Waals surface area contributed by atoms with E-state index in [-0.39, 0.29) is 23.9 Å². The van der Waals surface area contributed by atoms with E-state index in [1.54, 1.807) is 4.90 Å². The molecule has 96 valence electrons. The van der Waals surface area contributed by atoms with E-state index in [0.717, 1.165) is 26.1 Å². The molecule has 17 heavy (non-hydrogen) atoms. The lowest BCUT2D eigenvalue weighted by molar-refractivity contribution is -0.126. The van der Waals surface area contributed by atoms with Crippen LogP contribution in [0.5, 0.6) is 0 Å². The van der Waals surface area contributed by atoms with E-state index < -0.39 is 0 Å². The number of urea groups is 1. The van der Waals surface area contributed by atoms with Crippen LogP contribution in [0.2, 0.25) is 0 Å². The Kier molecular flexibility index (Phi) is 3.66. The van der Waals surface area contributed by atoms with Crippen LogP contribution in [0, 0.1) is 11.8 Å². The molecule has 0 bridgehead atoms. The zero-order chi connectivity index (χ0) is 12.4. The summed E-state index contributed by atoms with van der Waals surface area (Å²) in [5, 5.41) is 2.42. The number of amides is 3. The first-order valence-electron chi connectivity index (χ1n) is 6.29. The molecular formula is C12H20N2O3. The first-order chi connectivity index (χ1) is 8.09. The van der Waals surface area contributed by atoms with Gasteiger partial charge in [-0.05, 0) is 25.7 Å². The van der Waals surface area contributed by atoms with Crippen LogP contribution in [0.4, 0.5) is 4.79 Å². The first-order valence-corrected chi connectivity index (χ1v) is 6.29. The molecule has 2 rings (SSSR count). The maximum absolute atomic E-state index is 11.8. The van der Waals surface area contributed by atoms with Crippen molar-refractivity contribution < 1.29 is 14.3 Å². The molecule has 0 aromatic heterocycles. The maximum atomic E-state index is 11.8. The largest absolute Gasteiger partial charge is 0.381 e. The van der Waals surface area contributed by atoms with Gasteiger partial charge in [0.05, 0.1) is 5.92 Å². The topological polar surface area (TPSA) is 58.6 Å². The lowest BCUT2D eigenvalue weighted by Crippen LogP contribution is -2.58. The number of imide groups is 1. The van der Waals surface area contributed by atoms with Crippen molar-refractivity contribution in [1.29, 1.82) is 0 Å². The Balaban J connectivity index is 2.00. The van der Waals surface area contributed by atoms with E-state index >= 15 is 0 Å². The van der Waals surface area contributed by atoms with E-state index in [9.17, 15) is 9.59 Å². The van der Waals surface area contributed by atoms with E-state index in [2.05, 4.69) is 12.2 Å². The van der Waals surface area contributed by atoms with Crippen LogP contribution in [0.1, 0.15) is 26.7 Å². The predicted molar refractivity (Wildman–Crippen MR) is 62.4 cm³/mol. The molecule has 2 heterocycles. The molecule has 0 saturated carbocycles. The summed E-state index contributed by atoms with van der Waals surface area (Å²) in [6.07, 6.45) is 1.99. The van der Waals surface area contributed by atoms with Crippen LogP contribution in [0.25, 0.3) is 0 Å². The van der Waals surface area contributed by atoms with Gasteiger partial charge in [0.25, 0.3) is 0 Å². The van der Waals surface area contributed by atoms with Gasteiger partial charge in [0.15, 0.2) is 0 Å². The molecule has 2 fully saturated rings. The summed E-state index contributed by atoms with van der Waals surface area (Å²) in [4.78, 5) is 25.0. The lowest BCUT2D eigenvalue weighted by Gasteiger charge is -2.39. The van der Waals surface area contributed by atoms with Gasteiger partial charge in [-0.25, -0.2) is 4.79 Å². The van der Waals surface area contributed by atoms with Crippen LogP contribution in [-0.2, 0) is 9.53 Å². The van der Waals surface area contributed by atoms with Gasteiger partial charge in [-0.2, -0.15) is 0 Å². The third kappa shape index (κ3) is 2.60. The minimum absolute atomic E-state index is 0.116. The zero-order valence-corrected chi connectivity index (χ0v) is 10.4. The SMILES string of the molecule is CC1CN(C(C)C2CCOCC2)C(=O)NC1=O. The first kappa shape index (κ1) is 12.4. The van der Waals surface area contributed by atoms with E-state index in [1.807, 2.05) is 6.92 Å². The van der Waals surface area contributed by atoms with E-state index in [4.69, 9.17) is 4.74 Å². The molecule has 2 unspecified atom stereocenters. The highest BCUT2D eigenvalue weighted by Crippen LogP contribution is 2.24. The van der Waals surface area contributed by atoms with Crippen LogP contribution >= 0.6 is 0 Å². The molecular weight excluding hydrogens is 220 g/mol. The standard InChI is InChI=1S/C12H20N2O3/c1-8-7-14(12(16)13-11(8)15)9(2)10-3-5-17-6-4-10/h8-10H,3-7H2,1-2H3,(H,13,15,16). The highest BCUT2D eigenvalue weighted by Gasteiger charge is 2.35. The van der Waals surface area contributed by atoms with E-state index in [0.29, 0.717) is 12.5 Å². The molecule has 2 saturated heterocycles. The van der Waals surface area contributed by atoms with Crippen LogP contribution in [0.15, 0.2) is 0 Å². The van der Waals surface area contributed by atoms with Gasteiger partial charge < -0.3 is 9.64 Å². The molecule has 2 atom stereocenters.